The number of hydrogen-bond acceptors (Lipinski definition) is 1. The first-order valence-corrected chi connectivity index (χ1v) is 21.5. The lowest BCUT2D eigenvalue weighted by atomic mass is 9.82. The van der Waals surface area contributed by atoms with Crippen LogP contribution in [-0.4, -0.2) is 9.55 Å². The quantitative estimate of drug-likeness (QED) is 0.125. The number of benzene rings is 10. The molecule has 0 saturated carbocycles. The van der Waals surface area contributed by atoms with E-state index < -0.39 is 0 Å². The van der Waals surface area contributed by atoms with E-state index in [2.05, 4.69) is 217 Å². The standard InChI is InChI=1S/C56H35IN2/c1-56(2)49-22-12-11-19-40(49)46-29-48-47-28-44-38-17-7-5-15-36(38)37-16-6-8-18-39(37)45(44)30-51(47)59(52(48)31-50(46)56)55-53(57)41-20-9-10-21-42(41)54(58-55)34-26-25-33-24-23-32-13-3-4-14-35(32)43(33)27-34/h3-31H,1-2H3. The van der Waals surface area contributed by atoms with Crippen LogP contribution in [0.2, 0.25) is 0 Å². The Morgan fingerprint density at radius 1 is 0.407 bits per heavy atom. The number of rotatable bonds is 2. The molecule has 59 heavy (non-hydrogen) atoms. The maximum Gasteiger partial charge on any atom is 0.152 e. The molecule has 0 aliphatic heterocycles. The predicted octanol–water partition coefficient (Wildman–Crippen LogP) is 15.7. The molecule has 2 heterocycles. The monoisotopic (exact) mass is 862 g/mol. The number of aromatic nitrogens is 2. The third kappa shape index (κ3) is 4.54. The minimum absolute atomic E-state index is 0.151. The van der Waals surface area contributed by atoms with Crippen molar-refractivity contribution in [3.63, 3.8) is 0 Å². The maximum atomic E-state index is 5.82. The molecule has 276 valence electrons. The zero-order valence-corrected chi connectivity index (χ0v) is 34.7. The van der Waals surface area contributed by atoms with Crippen molar-refractivity contribution in [2.24, 2.45) is 0 Å². The average Bonchev–Trinajstić information content (AvgIpc) is 3.71. The highest BCUT2D eigenvalue weighted by molar-refractivity contribution is 14.1. The van der Waals surface area contributed by atoms with Crippen LogP contribution in [0.5, 0.6) is 0 Å². The van der Waals surface area contributed by atoms with E-state index in [1.807, 2.05) is 0 Å². The van der Waals surface area contributed by atoms with Crippen molar-refractivity contribution in [3.05, 3.63) is 191 Å². The van der Waals surface area contributed by atoms with E-state index in [9.17, 15) is 0 Å². The number of halogens is 1. The summed E-state index contributed by atoms with van der Waals surface area (Å²) in [6, 6.07) is 65.5. The first kappa shape index (κ1) is 33.4. The normalized spacial score (nSPS) is 13.5. The first-order valence-electron chi connectivity index (χ1n) is 20.4. The van der Waals surface area contributed by atoms with Crippen LogP contribution in [0.15, 0.2) is 176 Å². The molecule has 0 amide bonds. The van der Waals surface area contributed by atoms with Gasteiger partial charge < -0.3 is 0 Å². The van der Waals surface area contributed by atoms with Gasteiger partial charge in [0.25, 0.3) is 0 Å². The van der Waals surface area contributed by atoms with E-state index in [0.717, 1.165) is 26.0 Å². The van der Waals surface area contributed by atoms with Gasteiger partial charge in [0.2, 0.25) is 0 Å². The van der Waals surface area contributed by atoms with Gasteiger partial charge in [0.15, 0.2) is 5.82 Å². The summed E-state index contributed by atoms with van der Waals surface area (Å²) in [5, 5.41) is 17.5. The SMILES string of the molecule is CC1(C)c2ccccc2-c2cc3c4cc5c6ccccc6c6ccccc6c5cc4n(-c4nc(-c5ccc6ccc7ccccc7c6c5)c5ccccc5c4I)c3cc21. The van der Waals surface area contributed by atoms with Crippen molar-refractivity contribution < 1.29 is 0 Å². The zero-order valence-electron chi connectivity index (χ0n) is 32.5. The Labute approximate surface area is 354 Å². The number of pyridine rings is 1. The minimum Gasteiger partial charge on any atom is -0.293 e. The third-order valence-electron chi connectivity index (χ3n) is 13.4. The summed E-state index contributed by atoms with van der Waals surface area (Å²) in [5.74, 6) is 0.954. The summed E-state index contributed by atoms with van der Waals surface area (Å²) in [7, 11) is 0. The number of fused-ring (bicyclic) bond motifs is 16. The van der Waals surface area contributed by atoms with Crippen LogP contribution < -0.4 is 0 Å². The van der Waals surface area contributed by atoms with Crippen LogP contribution in [0.1, 0.15) is 25.0 Å². The molecule has 0 fully saturated rings. The summed E-state index contributed by atoms with van der Waals surface area (Å²) >= 11 is 2.57. The summed E-state index contributed by atoms with van der Waals surface area (Å²) in [6.45, 7) is 4.76. The fourth-order valence-electron chi connectivity index (χ4n) is 10.6. The highest BCUT2D eigenvalue weighted by atomic mass is 127. The Balaban J connectivity index is 1.20. The van der Waals surface area contributed by atoms with Gasteiger partial charge in [-0.2, -0.15) is 0 Å². The number of nitrogens with zero attached hydrogens (tertiary/aromatic N) is 2. The molecule has 0 atom stereocenters. The maximum absolute atomic E-state index is 5.82. The van der Waals surface area contributed by atoms with Crippen LogP contribution >= 0.6 is 22.6 Å². The van der Waals surface area contributed by atoms with Gasteiger partial charge in [-0.15, -0.1) is 0 Å². The molecule has 0 radical (unpaired) electrons. The summed E-state index contributed by atoms with van der Waals surface area (Å²) in [5.41, 5.74) is 9.69. The molecule has 10 aromatic carbocycles. The Kier molecular flexibility index (Phi) is 6.80. The van der Waals surface area contributed by atoms with Crippen LogP contribution in [0.3, 0.4) is 0 Å². The summed E-state index contributed by atoms with van der Waals surface area (Å²) in [4.78, 5) is 5.82. The molecule has 12 aromatic rings. The van der Waals surface area contributed by atoms with Gasteiger partial charge >= 0.3 is 0 Å². The molecule has 1 aliphatic rings. The van der Waals surface area contributed by atoms with E-state index in [-0.39, 0.29) is 5.41 Å². The van der Waals surface area contributed by atoms with Gasteiger partial charge in [-0.05, 0) is 129 Å². The molecule has 3 heteroatoms. The van der Waals surface area contributed by atoms with Crippen molar-refractivity contribution >= 4 is 109 Å². The van der Waals surface area contributed by atoms with E-state index in [1.165, 1.54) is 103 Å². The average molecular weight is 863 g/mol. The molecule has 1 aliphatic carbocycles. The Hall–Kier alpha value is -6.56. The van der Waals surface area contributed by atoms with Crippen molar-refractivity contribution in [2.75, 3.05) is 0 Å². The Bertz CT molecular complexity index is 3830. The smallest absolute Gasteiger partial charge is 0.152 e. The van der Waals surface area contributed by atoms with Gasteiger partial charge in [0, 0.05) is 32.5 Å². The van der Waals surface area contributed by atoms with Crippen LogP contribution in [-0.2, 0) is 5.41 Å². The molecule has 0 spiro atoms. The van der Waals surface area contributed by atoms with Gasteiger partial charge in [-0.3, -0.25) is 4.57 Å². The Morgan fingerprint density at radius 2 is 0.949 bits per heavy atom. The molecule has 0 saturated heterocycles. The van der Waals surface area contributed by atoms with E-state index >= 15 is 0 Å². The van der Waals surface area contributed by atoms with E-state index in [1.54, 1.807) is 0 Å². The lowest BCUT2D eigenvalue weighted by molar-refractivity contribution is 0.661. The fourth-order valence-corrected chi connectivity index (χ4v) is 11.4. The van der Waals surface area contributed by atoms with Crippen molar-refractivity contribution in [2.45, 2.75) is 19.3 Å². The predicted molar refractivity (Wildman–Crippen MR) is 259 cm³/mol. The molecular formula is C56H35IN2. The largest absolute Gasteiger partial charge is 0.293 e. The van der Waals surface area contributed by atoms with Gasteiger partial charge in [0.1, 0.15) is 0 Å². The molecule has 13 rings (SSSR count). The van der Waals surface area contributed by atoms with Crippen molar-refractivity contribution in [3.8, 4) is 28.2 Å². The topological polar surface area (TPSA) is 17.8 Å². The molecule has 0 N–H and O–H groups in total. The third-order valence-corrected chi connectivity index (χ3v) is 14.5. The summed E-state index contributed by atoms with van der Waals surface area (Å²) < 4.78 is 3.63. The fraction of sp³-hybridized carbons (Fsp3) is 0.0536. The number of hydrogen-bond donors (Lipinski definition) is 0. The lowest BCUT2D eigenvalue weighted by Crippen LogP contribution is -2.15. The highest BCUT2D eigenvalue weighted by Crippen LogP contribution is 2.52. The molecule has 2 nitrogen and oxygen atoms in total. The van der Waals surface area contributed by atoms with Gasteiger partial charge in [-0.25, -0.2) is 4.98 Å². The first-order chi connectivity index (χ1) is 28.9. The molecular weight excluding hydrogens is 828 g/mol. The second-order valence-electron chi connectivity index (χ2n) is 16.8. The van der Waals surface area contributed by atoms with E-state index in [0.29, 0.717) is 0 Å². The lowest BCUT2D eigenvalue weighted by Gasteiger charge is -2.22. The van der Waals surface area contributed by atoms with Crippen LogP contribution in [0.4, 0.5) is 0 Å². The minimum atomic E-state index is -0.151. The second kappa shape index (κ2) is 12.0. The molecule has 0 unspecified atom stereocenters. The summed E-state index contributed by atoms with van der Waals surface area (Å²) in [6.07, 6.45) is 0. The van der Waals surface area contributed by atoms with Crippen molar-refractivity contribution in [1.29, 1.82) is 0 Å². The van der Waals surface area contributed by atoms with Crippen molar-refractivity contribution in [1.82, 2.24) is 9.55 Å². The molecule has 2 aromatic heterocycles. The van der Waals surface area contributed by atoms with Crippen LogP contribution in [0.25, 0.3) is 115 Å². The molecule has 0 bridgehead atoms. The highest BCUT2D eigenvalue weighted by Gasteiger charge is 2.36. The second-order valence-corrected chi connectivity index (χ2v) is 17.9. The van der Waals surface area contributed by atoms with Gasteiger partial charge in [0.05, 0.1) is 20.3 Å². The zero-order chi connectivity index (χ0) is 39.1. The van der Waals surface area contributed by atoms with E-state index in [4.69, 9.17) is 4.98 Å². The Morgan fingerprint density at radius 3 is 1.69 bits per heavy atom. The van der Waals surface area contributed by atoms with Gasteiger partial charge in [-0.1, -0.05) is 159 Å². The van der Waals surface area contributed by atoms with Crippen LogP contribution in [0, 0.1) is 3.57 Å².